The van der Waals surface area contributed by atoms with Crippen molar-refractivity contribution >= 4 is 28.7 Å². The van der Waals surface area contributed by atoms with E-state index in [2.05, 4.69) is 33.2 Å². The second-order valence-electron chi connectivity index (χ2n) is 5.85. The highest BCUT2D eigenvalue weighted by Gasteiger charge is 2.16. The normalized spacial score (nSPS) is 15.5. The van der Waals surface area contributed by atoms with Gasteiger partial charge in [0.2, 0.25) is 5.91 Å². The van der Waals surface area contributed by atoms with Gasteiger partial charge in [0, 0.05) is 36.1 Å². The molecule has 22 heavy (non-hydrogen) atoms. The van der Waals surface area contributed by atoms with Gasteiger partial charge in [0.25, 0.3) is 0 Å². The predicted octanol–water partition coefficient (Wildman–Crippen LogP) is 3.22. The molecule has 1 aliphatic carbocycles. The summed E-state index contributed by atoms with van der Waals surface area (Å²) in [5.41, 5.74) is 1.02. The molecule has 3 rings (SSSR count). The average molecular weight is 317 g/mol. The minimum absolute atomic E-state index is 0.174. The number of hydrogen-bond donors (Lipinski definition) is 1. The molecular formula is C17H23N3OS. The highest BCUT2D eigenvalue weighted by molar-refractivity contribution is 8.00. The summed E-state index contributed by atoms with van der Waals surface area (Å²) in [6.45, 7) is 1.62. The summed E-state index contributed by atoms with van der Waals surface area (Å²) in [4.78, 5) is 16.2. The Morgan fingerprint density at radius 1 is 1.36 bits per heavy atom. The van der Waals surface area contributed by atoms with Crippen molar-refractivity contribution in [3.8, 4) is 0 Å². The van der Waals surface area contributed by atoms with Gasteiger partial charge in [-0.25, -0.2) is 4.98 Å². The fraction of sp³-hybridized carbons (Fsp3) is 0.529. The second kappa shape index (κ2) is 7.68. The Labute approximate surface area is 135 Å². The first-order chi connectivity index (χ1) is 10.8. The van der Waals surface area contributed by atoms with E-state index in [0.29, 0.717) is 11.0 Å². The number of fused-ring (bicyclic) bond motifs is 1. The predicted molar refractivity (Wildman–Crippen MR) is 92.1 cm³/mol. The van der Waals surface area contributed by atoms with Crippen LogP contribution in [0.4, 0.5) is 0 Å². The smallest absolute Gasteiger partial charge is 0.230 e. The van der Waals surface area contributed by atoms with E-state index in [-0.39, 0.29) is 5.91 Å². The lowest BCUT2D eigenvalue weighted by Crippen LogP contribution is -2.27. The monoisotopic (exact) mass is 317 g/mol. The van der Waals surface area contributed by atoms with Gasteiger partial charge in [-0.15, -0.1) is 11.8 Å². The lowest BCUT2D eigenvalue weighted by molar-refractivity contribution is -0.118. The van der Waals surface area contributed by atoms with Crippen LogP contribution in [0.5, 0.6) is 0 Å². The third kappa shape index (κ3) is 4.03. The van der Waals surface area contributed by atoms with Gasteiger partial charge in [0.15, 0.2) is 0 Å². The van der Waals surface area contributed by atoms with Gasteiger partial charge >= 0.3 is 0 Å². The first kappa shape index (κ1) is 15.4. The van der Waals surface area contributed by atoms with E-state index in [1.165, 1.54) is 31.1 Å². The molecule has 1 amide bonds. The van der Waals surface area contributed by atoms with Crippen molar-refractivity contribution in [1.29, 1.82) is 0 Å². The van der Waals surface area contributed by atoms with Crippen LogP contribution in [0.3, 0.4) is 0 Å². The molecule has 0 aromatic carbocycles. The van der Waals surface area contributed by atoms with Crippen LogP contribution >= 0.6 is 11.8 Å². The Balaban J connectivity index is 1.35. The van der Waals surface area contributed by atoms with Crippen LogP contribution < -0.4 is 5.32 Å². The van der Waals surface area contributed by atoms with Gasteiger partial charge in [-0.05, 0) is 37.5 Å². The zero-order chi connectivity index (χ0) is 15.2. The molecule has 1 N–H and O–H groups in total. The van der Waals surface area contributed by atoms with E-state index in [0.717, 1.165) is 25.2 Å². The Morgan fingerprint density at radius 2 is 2.23 bits per heavy atom. The summed E-state index contributed by atoms with van der Waals surface area (Å²) in [5.74, 6) is 0.783. The van der Waals surface area contributed by atoms with Crippen molar-refractivity contribution < 1.29 is 4.79 Å². The molecule has 2 heterocycles. The minimum Gasteiger partial charge on any atom is -0.355 e. The maximum Gasteiger partial charge on any atom is 0.230 e. The van der Waals surface area contributed by atoms with Crippen molar-refractivity contribution in [2.75, 3.05) is 12.3 Å². The molecule has 0 saturated heterocycles. The number of amides is 1. The van der Waals surface area contributed by atoms with E-state index in [1.807, 2.05) is 24.0 Å². The molecule has 0 radical (unpaired) electrons. The molecule has 5 heteroatoms. The van der Waals surface area contributed by atoms with E-state index in [9.17, 15) is 4.79 Å². The van der Waals surface area contributed by atoms with E-state index in [1.54, 1.807) is 0 Å². The molecule has 0 atom stereocenters. The Bertz CT molecular complexity index is 619. The number of carbonyl (C=O) groups is 1. The summed E-state index contributed by atoms with van der Waals surface area (Å²) in [5, 5.41) is 4.90. The van der Waals surface area contributed by atoms with Crippen LogP contribution in [0.25, 0.3) is 11.0 Å². The Kier molecular flexibility index (Phi) is 5.38. The maximum absolute atomic E-state index is 11.8. The molecule has 1 aliphatic rings. The van der Waals surface area contributed by atoms with Crippen molar-refractivity contribution in [1.82, 2.24) is 14.9 Å². The number of nitrogens with one attached hydrogen (secondary N) is 1. The van der Waals surface area contributed by atoms with E-state index >= 15 is 0 Å². The molecule has 0 unspecified atom stereocenters. The molecule has 0 spiro atoms. The number of nitrogens with zero attached hydrogens (tertiary/aromatic N) is 2. The van der Waals surface area contributed by atoms with Gasteiger partial charge in [-0.2, -0.15) is 0 Å². The second-order valence-corrected chi connectivity index (χ2v) is 7.14. The van der Waals surface area contributed by atoms with Crippen molar-refractivity contribution in [2.45, 2.75) is 43.9 Å². The van der Waals surface area contributed by atoms with Gasteiger partial charge in [-0.3, -0.25) is 4.79 Å². The third-order valence-corrected chi connectivity index (χ3v) is 5.54. The SMILES string of the molecule is O=C(CSC1CCCC1)NCCCn1ccc2cccnc21. The van der Waals surface area contributed by atoms with Crippen LogP contribution in [-0.4, -0.2) is 33.0 Å². The van der Waals surface area contributed by atoms with Crippen LogP contribution in [0, 0.1) is 0 Å². The summed E-state index contributed by atoms with van der Waals surface area (Å²) < 4.78 is 2.15. The lowest BCUT2D eigenvalue weighted by Gasteiger charge is -2.09. The molecular weight excluding hydrogens is 294 g/mol. The summed E-state index contributed by atoms with van der Waals surface area (Å²) in [6, 6.07) is 6.11. The van der Waals surface area contributed by atoms with Crippen molar-refractivity contribution in [2.24, 2.45) is 0 Å². The largest absolute Gasteiger partial charge is 0.355 e. The number of thioether (sulfide) groups is 1. The van der Waals surface area contributed by atoms with Crippen molar-refractivity contribution in [3.05, 3.63) is 30.6 Å². The molecule has 0 bridgehead atoms. The molecule has 1 fully saturated rings. The first-order valence-electron chi connectivity index (χ1n) is 8.11. The quantitative estimate of drug-likeness (QED) is 0.798. The Morgan fingerprint density at radius 3 is 3.09 bits per heavy atom. The average Bonchev–Trinajstić information content (AvgIpc) is 3.19. The number of carbonyl (C=O) groups excluding carboxylic acids is 1. The fourth-order valence-electron chi connectivity index (χ4n) is 2.98. The number of hydrogen-bond acceptors (Lipinski definition) is 3. The summed E-state index contributed by atoms with van der Waals surface area (Å²) >= 11 is 1.82. The van der Waals surface area contributed by atoms with Crippen LogP contribution in [0.15, 0.2) is 30.6 Å². The van der Waals surface area contributed by atoms with Crippen LogP contribution in [0.2, 0.25) is 0 Å². The fourth-order valence-corrected chi connectivity index (χ4v) is 4.13. The highest BCUT2D eigenvalue weighted by atomic mass is 32.2. The number of pyridine rings is 1. The minimum atomic E-state index is 0.174. The molecule has 1 saturated carbocycles. The lowest BCUT2D eigenvalue weighted by atomic mass is 10.3. The van der Waals surface area contributed by atoms with Gasteiger partial charge < -0.3 is 9.88 Å². The van der Waals surface area contributed by atoms with Crippen LogP contribution in [0.1, 0.15) is 32.1 Å². The number of rotatable bonds is 7. The zero-order valence-electron chi connectivity index (χ0n) is 12.8. The van der Waals surface area contributed by atoms with Crippen molar-refractivity contribution in [3.63, 3.8) is 0 Å². The summed E-state index contributed by atoms with van der Waals surface area (Å²) in [6.07, 6.45) is 10.0. The molecule has 2 aromatic heterocycles. The first-order valence-corrected chi connectivity index (χ1v) is 9.16. The van der Waals surface area contributed by atoms with Gasteiger partial charge in [0.05, 0.1) is 5.75 Å². The Hall–Kier alpha value is -1.49. The molecule has 118 valence electrons. The van der Waals surface area contributed by atoms with Crippen LogP contribution in [-0.2, 0) is 11.3 Å². The van der Waals surface area contributed by atoms with E-state index in [4.69, 9.17) is 0 Å². The highest BCUT2D eigenvalue weighted by Crippen LogP contribution is 2.28. The zero-order valence-corrected chi connectivity index (χ0v) is 13.6. The molecule has 0 aliphatic heterocycles. The third-order valence-electron chi connectivity index (χ3n) is 4.17. The van der Waals surface area contributed by atoms with Gasteiger partial charge in [0.1, 0.15) is 5.65 Å². The topological polar surface area (TPSA) is 46.9 Å². The number of aryl methyl sites for hydroxylation is 1. The maximum atomic E-state index is 11.8. The van der Waals surface area contributed by atoms with E-state index < -0.39 is 0 Å². The summed E-state index contributed by atoms with van der Waals surface area (Å²) in [7, 11) is 0. The number of aromatic nitrogens is 2. The van der Waals surface area contributed by atoms with Gasteiger partial charge in [-0.1, -0.05) is 12.8 Å². The standard InChI is InChI=1S/C17H23N3OS/c21-16(13-22-15-6-1-2-7-15)18-10-4-11-20-12-8-14-5-3-9-19-17(14)20/h3,5,8-9,12,15H,1-2,4,6-7,10-11,13H2,(H,18,21). The molecule has 2 aromatic rings. The molecule has 4 nitrogen and oxygen atoms in total.